The fourth-order valence-corrected chi connectivity index (χ4v) is 1.75. The summed E-state index contributed by atoms with van der Waals surface area (Å²) in [7, 11) is 0. The van der Waals surface area contributed by atoms with E-state index >= 15 is 0 Å². The van der Waals surface area contributed by atoms with E-state index in [1.165, 1.54) is 5.56 Å². The molecule has 96 valence electrons. The number of hydrogen-bond donors (Lipinski definition) is 2. The number of nitrogens with one attached hydrogen (secondary N) is 1. The third kappa shape index (κ3) is 4.88. The first-order chi connectivity index (χ1) is 8.09. The molecule has 2 unspecified atom stereocenters. The standard InChI is InChI=1S/C15H25NO/c1-4-15(3,12-17)11-16-13(2)10-14-8-6-5-7-9-14/h5-9,13,16-17H,4,10-12H2,1-3H3. The van der Waals surface area contributed by atoms with Crippen LogP contribution in [0.3, 0.4) is 0 Å². The van der Waals surface area contributed by atoms with Crippen LogP contribution in [0.4, 0.5) is 0 Å². The molecular formula is C15H25NO. The summed E-state index contributed by atoms with van der Waals surface area (Å²) in [5.74, 6) is 0. The van der Waals surface area contributed by atoms with Gasteiger partial charge in [-0.15, -0.1) is 0 Å². The normalized spacial score (nSPS) is 16.5. The van der Waals surface area contributed by atoms with Crippen LogP contribution in [0, 0.1) is 5.41 Å². The van der Waals surface area contributed by atoms with E-state index in [2.05, 4.69) is 50.4 Å². The van der Waals surface area contributed by atoms with E-state index < -0.39 is 0 Å². The minimum absolute atomic E-state index is 0.00491. The average molecular weight is 235 g/mol. The van der Waals surface area contributed by atoms with Gasteiger partial charge < -0.3 is 10.4 Å². The molecule has 0 saturated carbocycles. The van der Waals surface area contributed by atoms with Gasteiger partial charge >= 0.3 is 0 Å². The van der Waals surface area contributed by atoms with Crippen molar-refractivity contribution in [3.8, 4) is 0 Å². The fraction of sp³-hybridized carbons (Fsp3) is 0.600. The third-order valence-electron chi connectivity index (χ3n) is 3.50. The van der Waals surface area contributed by atoms with Gasteiger partial charge in [-0.3, -0.25) is 0 Å². The number of benzene rings is 1. The monoisotopic (exact) mass is 235 g/mol. The highest BCUT2D eigenvalue weighted by atomic mass is 16.3. The van der Waals surface area contributed by atoms with E-state index in [0.29, 0.717) is 6.04 Å². The van der Waals surface area contributed by atoms with Crippen molar-refractivity contribution in [2.45, 2.75) is 39.7 Å². The largest absolute Gasteiger partial charge is 0.396 e. The van der Waals surface area contributed by atoms with E-state index in [1.54, 1.807) is 0 Å². The molecule has 17 heavy (non-hydrogen) atoms. The van der Waals surface area contributed by atoms with Crippen LogP contribution < -0.4 is 5.32 Å². The van der Waals surface area contributed by atoms with Crippen molar-refractivity contribution in [1.29, 1.82) is 0 Å². The SMILES string of the molecule is CCC(C)(CO)CNC(C)Cc1ccccc1. The maximum Gasteiger partial charge on any atom is 0.0496 e. The number of aliphatic hydroxyl groups excluding tert-OH is 1. The Morgan fingerprint density at radius 3 is 2.47 bits per heavy atom. The molecule has 1 aromatic carbocycles. The second kappa shape index (κ2) is 6.77. The highest BCUT2D eigenvalue weighted by Gasteiger charge is 2.21. The van der Waals surface area contributed by atoms with Gasteiger partial charge in [0.05, 0.1) is 0 Å². The molecule has 0 aliphatic heterocycles. The molecular weight excluding hydrogens is 210 g/mol. The molecule has 0 amide bonds. The zero-order valence-electron chi connectivity index (χ0n) is 11.2. The Hall–Kier alpha value is -0.860. The Labute approximate surface area is 105 Å². The van der Waals surface area contributed by atoms with Crippen molar-refractivity contribution in [1.82, 2.24) is 5.32 Å². The van der Waals surface area contributed by atoms with Crippen LogP contribution >= 0.6 is 0 Å². The topological polar surface area (TPSA) is 32.3 Å². The Morgan fingerprint density at radius 2 is 1.94 bits per heavy atom. The highest BCUT2D eigenvalue weighted by Crippen LogP contribution is 2.18. The second-order valence-electron chi connectivity index (χ2n) is 5.29. The van der Waals surface area contributed by atoms with Crippen LogP contribution in [0.5, 0.6) is 0 Å². The summed E-state index contributed by atoms with van der Waals surface area (Å²) in [4.78, 5) is 0. The van der Waals surface area contributed by atoms with Crippen LogP contribution in [0.1, 0.15) is 32.8 Å². The van der Waals surface area contributed by atoms with E-state index in [1.807, 2.05) is 6.07 Å². The predicted molar refractivity (Wildman–Crippen MR) is 73.1 cm³/mol. The Balaban J connectivity index is 2.38. The molecule has 0 saturated heterocycles. The Bertz CT molecular complexity index is 306. The summed E-state index contributed by atoms with van der Waals surface area (Å²) < 4.78 is 0. The fourth-order valence-electron chi connectivity index (χ4n) is 1.75. The summed E-state index contributed by atoms with van der Waals surface area (Å²) in [6.45, 7) is 7.55. The average Bonchev–Trinajstić information content (AvgIpc) is 2.37. The second-order valence-corrected chi connectivity index (χ2v) is 5.29. The quantitative estimate of drug-likeness (QED) is 0.761. The molecule has 0 bridgehead atoms. The first kappa shape index (κ1) is 14.2. The third-order valence-corrected chi connectivity index (χ3v) is 3.50. The van der Waals surface area contributed by atoms with E-state index in [-0.39, 0.29) is 12.0 Å². The van der Waals surface area contributed by atoms with E-state index in [0.717, 1.165) is 19.4 Å². The van der Waals surface area contributed by atoms with Gasteiger partial charge in [-0.1, -0.05) is 44.2 Å². The van der Waals surface area contributed by atoms with Gasteiger partial charge in [0.25, 0.3) is 0 Å². The minimum atomic E-state index is 0.00491. The zero-order valence-corrected chi connectivity index (χ0v) is 11.2. The van der Waals surface area contributed by atoms with Crippen LogP contribution in [-0.2, 0) is 6.42 Å². The summed E-state index contributed by atoms with van der Waals surface area (Å²) in [5.41, 5.74) is 1.36. The van der Waals surface area contributed by atoms with Crippen molar-refractivity contribution in [3.63, 3.8) is 0 Å². The number of rotatable bonds is 7. The van der Waals surface area contributed by atoms with E-state index in [4.69, 9.17) is 0 Å². The first-order valence-corrected chi connectivity index (χ1v) is 6.48. The summed E-state index contributed by atoms with van der Waals surface area (Å²) in [6, 6.07) is 10.9. The molecule has 0 heterocycles. The van der Waals surface area contributed by atoms with Crippen LogP contribution in [-0.4, -0.2) is 24.3 Å². The van der Waals surface area contributed by atoms with Gasteiger partial charge in [-0.2, -0.15) is 0 Å². The van der Waals surface area contributed by atoms with Gasteiger partial charge in [0.2, 0.25) is 0 Å². The first-order valence-electron chi connectivity index (χ1n) is 6.48. The lowest BCUT2D eigenvalue weighted by Crippen LogP contribution is -2.39. The maximum atomic E-state index is 9.35. The zero-order chi connectivity index (χ0) is 12.7. The van der Waals surface area contributed by atoms with Crippen molar-refractivity contribution in [2.75, 3.05) is 13.2 Å². The van der Waals surface area contributed by atoms with Crippen LogP contribution in [0.25, 0.3) is 0 Å². The highest BCUT2D eigenvalue weighted by molar-refractivity contribution is 5.15. The van der Waals surface area contributed by atoms with Crippen LogP contribution in [0.15, 0.2) is 30.3 Å². The molecule has 0 fully saturated rings. The molecule has 2 atom stereocenters. The maximum absolute atomic E-state index is 9.35. The molecule has 0 aliphatic rings. The van der Waals surface area contributed by atoms with Crippen LogP contribution in [0.2, 0.25) is 0 Å². The Morgan fingerprint density at radius 1 is 1.29 bits per heavy atom. The summed E-state index contributed by atoms with van der Waals surface area (Å²) in [6.07, 6.45) is 2.03. The smallest absolute Gasteiger partial charge is 0.0496 e. The molecule has 0 radical (unpaired) electrons. The summed E-state index contributed by atoms with van der Waals surface area (Å²) in [5, 5.41) is 12.9. The molecule has 0 spiro atoms. The molecule has 2 N–H and O–H groups in total. The van der Waals surface area contributed by atoms with Crippen molar-refractivity contribution >= 4 is 0 Å². The summed E-state index contributed by atoms with van der Waals surface area (Å²) >= 11 is 0. The lowest BCUT2D eigenvalue weighted by atomic mass is 9.88. The number of hydrogen-bond acceptors (Lipinski definition) is 2. The molecule has 1 aromatic rings. The lowest BCUT2D eigenvalue weighted by molar-refractivity contribution is 0.132. The molecule has 2 nitrogen and oxygen atoms in total. The van der Waals surface area contributed by atoms with Gasteiger partial charge in [0.15, 0.2) is 0 Å². The van der Waals surface area contributed by atoms with Gasteiger partial charge in [0.1, 0.15) is 0 Å². The molecule has 2 heteroatoms. The number of aliphatic hydroxyl groups is 1. The van der Waals surface area contributed by atoms with E-state index in [9.17, 15) is 5.11 Å². The van der Waals surface area contributed by atoms with Gasteiger partial charge in [0, 0.05) is 24.6 Å². The molecule has 1 rings (SSSR count). The van der Waals surface area contributed by atoms with Crippen molar-refractivity contribution < 1.29 is 5.11 Å². The van der Waals surface area contributed by atoms with Gasteiger partial charge in [-0.25, -0.2) is 0 Å². The van der Waals surface area contributed by atoms with Crippen molar-refractivity contribution in [3.05, 3.63) is 35.9 Å². The molecule has 0 aromatic heterocycles. The predicted octanol–water partition coefficient (Wildman–Crippen LogP) is 2.62. The Kier molecular flexibility index (Phi) is 5.66. The lowest BCUT2D eigenvalue weighted by Gasteiger charge is -2.28. The van der Waals surface area contributed by atoms with Crippen molar-refractivity contribution in [2.24, 2.45) is 5.41 Å². The minimum Gasteiger partial charge on any atom is -0.396 e. The molecule has 0 aliphatic carbocycles. The van der Waals surface area contributed by atoms with Gasteiger partial charge in [-0.05, 0) is 25.3 Å².